The Kier molecular flexibility index (Phi) is 7.98. The molecule has 0 spiro atoms. The van der Waals surface area contributed by atoms with Gasteiger partial charge >= 0.3 is 0 Å². The molecular weight excluding hydrogens is 560 g/mol. The zero-order valence-electron chi connectivity index (χ0n) is 23.6. The number of benzene rings is 4. The van der Waals surface area contributed by atoms with E-state index in [0.717, 1.165) is 39.0 Å². The molecule has 0 bridgehead atoms. The van der Waals surface area contributed by atoms with E-state index in [4.69, 9.17) is 0 Å². The molecule has 2 aliphatic rings. The molecule has 218 valence electrons. The van der Waals surface area contributed by atoms with E-state index in [1.54, 1.807) is 41.3 Å². The van der Waals surface area contributed by atoms with Crippen LogP contribution in [0.2, 0.25) is 0 Å². The summed E-state index contributed by atoms with van der Waals surface area (Å²) in [6.07, 6.45) is 1.94. The van der Waals surface area contributed by atoms with Gasteiger partial charge in [-0.05, 0) is 71.0 Å². The SMILES string of the molecule is N#Cc1ccc(CC(C(=O)N2CCCC2)N(C(=O)C2Cc3ccccc3CN2)S(=O)(=O)c2ccc3ccccc3c2)cc1. The minimum atomic E-state index is -4.48. The van der Waals surface area contributed by atoms with E-state index >= 15 is 0 Å². The molecule has 6 rings (SSSR count). The van der Waals surface area contributed by atoms with Crippen molar-refractivity contribution in [1.29, 1.82) is 5.26 Å². The van der Waals surface area contributed by atoms with Crippen molar-refractivity contribution in [2.45, 2.75) is 49.2 Å². The number of nitrogens with one attached hydrogen (secondary N) is 1. The smallest absolute Gasteiger partial charge is 0.267 e. The van der Waals surface area contributed by atoms with Crippen LogP contribution in [0.4, 0.5) is 0 Å². The highest BCUT2D eigenvalue weighted by Crippen LogP contribution is 2.29. The van der Waals surface area contributed by atoms with Crippen LogP contribution in [0.15, 0.2) is 95.9 Å². The van der Waals surface area contributed by atoms with Crippen molar-refractivity contribution >= 4 is 32.6 Å². The summed E-state index contributed by atoms with van der Waals surface area (Å²) in [7, 11) is -4.48. The fourth-order valence-electron chi connectivity index (χ4n) is 6.02. The van der Waals surface area contributed by atoms with Crippen LogP contribution in [0.5, 0.6) is 0 Å². The number of hydrogen-bond acceptors (Lipinski definition) is 6. The highest BCUT2D eigenvalue weighted by Gasteiger charge is 2.44. The molecule has 2 heterocycles. The number of nitrogens with zero attached hydrogens (tertiary/aromatic N) is 3. The monoisotopic (exact) mass is 592 g/mol. The van der Waals surface area contributed by atoms with Gasteiger partial charge in [-0.25, -0.2) is 12.7 Å². The molecule has 0 aliphatic carbocycles. The predicted molar refractivity (Wildman–Crippen MR) is 163 cm³/mol. The number of sulfonamides is 1. The summed E-state index contributed by atoms with van der Waals surface area (Å²) in [5.41, 5.74) is 3.13. The summed E-state index contributed by atoms with van der Waals surface area (Å²) in [5, 5.41) is 14.1. The number of amides is 2. The number of nitriles is 1. The maximum atomic E-state index is 14.6. The minimum absolute atomic E-state index is 0.0110. The lowest BCUT2D eigenvalue weighted by molar-refractivity contribution is -0.141. The Hall–Kier alpha value is -4.52. The van der Waals surface area contributed by atoms with Gasteiger partial charge in [0.25, 0.3) is 15.9 Å². The predicted octanol–water partition coefficient (Wildman–Crippen LogP) is 4.18. The highest BCUT2D eigenvalue weighted by molar-refractivity contribution is 7.89. The van der Waals surface area contributed by atoms with Gasteiger partial charge in [0.05, 0.1) is 22.6 Å². The van der Waals surface area contributed by atoms with Crippen molar-refractivity contribution in [2.75, 3.05) is 13.1 Å². The normalized spacial score (nSPS) is 17.2. The maximum Gasteiger partial charge on any atom is 0.267 e. The second-order valence-electron chi connectivity index (χ2n) is 11.1. The Morgan fingerprint density at radius 2 is 1.58 bits per heavy atom. The third kappa shape index (κ3) is 5.76. The number of carbonyl (C=O) groups is 2. The quantitative estimate of drug-likeness (QED) is 0.345. The molecule has 2 unspecified atom stereocenters. The molecule has 4 aromatic carbocycles. The first kappa shape index (κ1) is 28.6. The van der Waals surface area contributed by atoms with Gasteiger partial charge in [0.1, 0.15) is 6.04 Å². The molecule has 0 saturated carbocycles. The lowest BCUT2D eigenvalue weighted by atomic mass is 9.95. The van der Waals surface area contributed by atoms with Crippen molar-refractivity contribution in [2.24, 2.45) is 0 Å². The molecule has 1 N–H and O–H groups in total. The van der Waals surface area contributed by atoms with Crippen molar-refractivity contribution < 1.29 is 18.0 Å². The van der Waals surface area contributed by atoms with E-state index in [1.807, 2.05) is 48.5 Å². The first-order valence-electron chi connectivity index (χ1n) is 14.5. The summed E-state index contributed by atoms with van der Waals surface area (Å²) < 4.78 is 30.1. The van der Waals surface area contributed by atoms with Gasteiger partial charge in [0, 0.05) is 26.1 Å². The molecule has 2 aliphatic heterocycles. The topological polar surface area (TPSA) is 111 Å². The van der Waals surface area contributed by atoms with E-state index in [-0.39, 0.29) is 11.3 Å². The largest absolute Gasteiger partial charge is 0.341 e. The Balaban J connectivity index is 1.46. The van der Waals surface area contributed by atoms with Crippen molar-refractivity contribution in [3.63, 3.8) is 0 Å². The second kappa shape index (κ2) is 12.0. The Morgan fingerprint density at radius 3 is 2.30 bits per heavy atom. The average molecular weight is 593 g/mol. The van der Waals surface area contributed by atoms with E-state index in [0.29, 0.717) is 37.2 Å². The zero-order chi connectivity index (χ0) is 30.0. The van der Waals surface area contributed by atoms with Gasteiger partial charge in [-0.3, -0.25) is 9.59 Å². The average Bonchev–Trinajstić information content (AvgIpc) is 3.59. The standard InChI is InChI=1S/C34H32N4O4S/c35-22-25-13-11-24(12-14-25)19-32(34(40)37-17-5-6-18-37)38(33(39)31-21-28-9-3-4-10-29(28)23-36-31)43(41,42)30-16-15-26-7-1-2-8-27(26)20-30/h1-4,7-16,20,31-32,36H,5-6,17-19,21,23H2. The number of fused-ring (bicyclic) bond motifs is 2. The van der Waals surface area contributed by atoms with Crippen LogP contribution in [0.3, 0.4) is 0 Å². The zero-order valence-corrected chi connectivity index (χ0v) is 24.5. The fraction of sp³-hybridized carbons (Fsp3) is 0.265. The number of carbonyl (C=O) groups excluding carboxylic acids is 2. The second-order valence-corrected chi connectivity index (χ2v) is 12.9. The third-order valence-electron chi connectivity index (χ3n) is 8.37. The summed E-state index contributed by atoms with van der Waals surface area (Å²) in [4.78, 5) is 30.3. The molecule has 0 radical (unpaired) electrons. The first-order valence-corrected chi connectivity index (χ1v) is 15.9. The van der Waals surface area contributed by atoms with E-state index < -0.39 is 33.9 Å². The van der Waals surface area contributed by atoms with E-state index in [9.17, 15) is 23.3 Å². The summed E-state index contributed by atoms with van der Waals surface area (Å²) in [5.74, 6) is -1.05. The van der Waals surface area contributed by atoms with E-state index in [1.165, 1.54) is 6.07 Å². The number of rotatable bonds is 7. The molecule has 8 nitrogen and oxygen atoms in total. The molecular formula is C34H32N4O4S. The molecule has 2 atom stereocenters. The van der Waals surface area contributed by atoms with Crippen LogP contribution >= 0.6 is 0 Å². The summed E-state index contributed by atoms with van der Waals surface area (Å²) >= 11 is 0. The van der Waals surface area contributed by atoms with Crippen LogP contribution < -0.4 is 5.32 Å². The lowest BCUT2D eigenvalue weighted by Gasteiger charge is -2.36. The molecule has 4 aromatic rings. The number of likely N-dealkylation sites (tertiary alicyclic amines) is 1. The maximum absolute atomic E-state index is 14.6. The van der Waals surface area contributed by atoms with Crippen molar-refractivity contribution in [3.05, 3.63) is 113 Å². The molecule has 9 heteroatoms. The Labute approximate surface area is 251 Å². The molecule has 2 amide bonds. The van der Waals surface area contributed by atoms with Crippen LogP contribution in [0.25, 0.3) is 10.8 Å². The minimum Gasteiger partial charge on any atom is -0.341 e. The summed E-state index contributed by atoms with van der Waals surface area (Å²) in [6, 6.07) is 26.6. The lowest BCUT2D eigenvalue weighted by Crippen LogP contribution is -2.59. The van der Waals surface area contributed by atoms with Crippen molar-refractivity contribution in [1.82, 2.24) is 14.5 Å². The molecule has 1 fully saturated rings. The summed E-state index contributed by atoms with van der Waals surface area (Å²) in [6.45, 7) is 1.43. The third-order valence-corrected chi connectivity index (χ3v) is 10.2. The fourth-order valence-corrected chi connectivity index (χ4v) is 7.63. The highest BCUT2D eigenvalue weighted by atomic mass is 32.2. The van der Waals surface area contributed by atoms with Gasteiger partial charge in [0.15, 0.2) is 0 Å². The van der Waals surface area contributed by atoms with Gasteiger partial charge in [-0.15, -0.1) is 0 Å². The van der Waals surface area contributed by atoms with E-state index in [2.05, 4.69) is 11.4 Å². The van der Waals surface area contributed by atoms with Gasteiger partial charge in [-0.2, -0.15) is 5.26 Å². The van der Waals surface area contributed by atoms with Gasteiger partial charge in [-0.1, -0.05) is 66.7 Å². The van der Waals surface area contributed by atoms with Gasteiger partial charge < -0.3 is 10.2 Å². The number of hydrogen-bond donors (Lipinski definition) is 1. The Bertz CT molecular complexity index is 1830. The van der Waals surface area contributed by atoms with Crippen LogP contribution in [-0.2, 0) is 39.0 Å². The van der Waals surface area contributed by atoms with Crippen LogP contribution in [0.1, 0.15) is 35.1 Å². The van der Waals surface area contributed by atoms with Crippen LogP contribution in [-0.4, -0.2) is 54.6 Å². The molecule has 1 saturated heterocycles. The van der Waals surface area contributed by atoms with Crippen LogP contribution in [0, 0.1) is 11.3 Å². The molecule has 0 aromatic heterocycles. The first-order chi connectivity index (χ1) is 20.8. The van der Waals surface area contributed by atoms with Gasteiger partial charge in [0.2, 0.25) is 5.91 Å². The molecule has 43 heavy (non-hydrogen) atoms. The van der Waals surface area contributed by atoms with Crippen molar-refractivity contribution in [3.8, 4) is 6.07 Å². The Morgan fingerprint density at radius 1 is 0.907 bits per heavy atom.